The summed E-state index contributed by atoms with van der Waals surface area (Å²) in [5.41, 5.74) is 4.35. The predicted molar refractivity (Wildman–Crippen MR) is 103 cm³/mol. The van der Waals surface area contributed by atoms with Gasteiger partial charge in [0.05, 0.1) is 5.56 Å². The quantitative estimate of drug-likeness (QED) is 0.639. The van der Waals surface area contributed by atoms with Crippen molar-refractivity contribution in [1.29, 1.82) is 0 Å². The largest absolute Gasteiger partial charge is 0.489 e. The summed E-state index contributed by atoms with van der Waals surface area (Å²) in [4.78, 5) is 11.0. The summed E-state index contributed by atoms with van der Waals surface area (Å²) in [6, 6.07) is 23.1. The van der Waals surface area contributed by atoms with E-state index in [1.165, 1.54) is 0 Å². The minimum atomic E-state index is -0.914. The molecule has 0 amide bonds. The fourth-order valence-corrected chi connectivity index (χ4v) is 2.68. The average Bonchev–Trinajstić information content (AvgIpc) is 2.66. The summed E-state index contributed by atoms with van der Waals surface area (Å²) in [6.45, 7) is 3.07. The van der Waals surface area contributed by atoms with Crippen LogP contribution in [0.15, 0.2) is 72.8 Å². The van der Waals surface area contributed by atoms with Crippen LogP contribution in [0.5, 0.6) is 5.75 Å². The maximum atomic E-state index is 11.0. The molecule has 0 aromatic heterocycles. The Morgan fingerprint density at radius 1 is 0.962 bits per heavy atom. The smallest absolute Gasteiger partial charge is 0.335 e. The van der Waals surface area contributed by atoms with E-state index in [1.54, 1.807) is 18.2 Å². The van der Waals surface area contributed by atoms with Gasteiger partial charge in [-0.05, 0) is 53.9 Å². The minimum absolute atomic E-state index is 0.296. The van der Waals surface area contributed by atoms with E-state index >= 15 is 0 Å². The standard InChI is InChI=1S/C22H21NO3/c1-16-12-19(22(24)25)10-11-21(16)23-14-18-8-5-9-20(13-18)26-15-17-6-3-2-4-7-17/h2-13,23H,14-15H2,1H3,(H,24,25). The van der Waals surface area contributed by atoms with Crippen molar-refractivity contribution in [2.45, 2.75) is 20.1 Å². The van der Waals surface area contributed by atoms with E-state index < -0.39 is 5.97 Å². The van der Waals surface area contributed by atoms with Gasteiger partial charge in [0.25, 0.3) is 0 Å². The molecule has 0 unspecified atom stereocenters. The zero-order valence-electron chi connectivity index (χ0n) is 14.6. The van der Waals surface area contributed by atoms with Gasteiger partial charge in [0.15, 0.2) is 0 Å². The number of carbonyl (C=O) groups is 1. The molecule has 3 rings (SSSR count). The second kappa shape index (κ2) is 8.21. The molecule has 0 aliphatic rings. The first-order valence-corrected chi connectivity index (χ1v) is 8.45. The van der Waals surface area contributed by atoms with Crippen LogP contribution in [-0.4, -0.2) is 11.1 Å². The molecular formula is C22H21NO3. The molecule has 3 aromatic carbocycles. The number of aromatic carboxylic acids is 1. The van der Waals surface area contributed by atoms with Gasteiger partial charge in [-0.2, -0.15) is 0 Å². The van der Waals surface area contributed by atoms with Gasteiger partial charge in [-0.3, -0.25) is 0 Å². The van der Waals surface area contributed by atoms with Crippen molar-refractivity contribution < 1.29 is 14.6 Å². The lowest BCUT2D eigenvalue weighted by molar-refractivity contribution is 0.0697. The molecule has 4 nitrogen and oxygen atoms in total. The number of anilines is 1. The number of nitrogens with one attached hydrogen (secondary N) is 1. The van der Waals surface area contributed by atoms with Gasteiger partial charge >= 0.3 is 5.97 Å². The molecule has 0 heterocycles. The number of aryl methyl sites for hydroxylation is 1. The normalized spacial score (nSPS) is 10.3. The van der Waals surface area contributed by atoms with Crippen molar-refractivity contribution in [3.63, 3.8) is 0 Å². The predicted octanol–water partition coefficient (Wildman–Crippen LogP) is 4.88. The molecule has 2 N–H and O–H groups in total. The van der Waals surface area contributed by atoms with Crippen molar-refractivity contribution >= 4 is 11.7 Å². The van der Waals surface area contributed by atoms with Crippen molar-refractivity contribution in [2.24, 2.45) is 0 Å². The number of hydrogen-bond acceptors (Lipinski definition) is 3. The molecule has 4 heteroatoms. The Balaban J connectivity index is 1.61. The highest BCUT2D eigenvalue weighted by Crippen LogP contribution is 2.20. The minimum Gasteiger partial charge on any atom is -0.489 e. The Kier molecular flexibility index (Phi) is 5.54. The molecule has 0 saturated heterocycles. The molecule has 0 radical (unpaired) electrons. The highest BCUT2D eigenvalue weighted by Gasteiger charge is 2.06. The monoisotopic (exact) mass is 347 g/mol. The van der Waals surface area contributed by atoms with E-state index in [0.29, 0.717) is 18.7 Å². The number of carboxylic acids is 1. The van der Waals surface area contributed by atoms with Crippen LogP contribution in [0.25, 0.3) is 0 Å². The van der Waals surface area contributed by atoms with Gasteiger partial charge in [0.2, 0.25) is 0 Å². The van der Waals surface area contributed by atoms with Gasteiger partial charge in [0, 0.05) is 12.2 Å². The Hall–Kier alpha value is -3.27. The lowest BCUT2D eigenvalue weighted by Crippen LogP contribution is -2.03. The molecule has 0 aliphatic carbocycles. The second-order valence-electron chi connectivity index (χ2n) is 6.11. The topological polar surface area (TPSA) is 58.6 Å². The first-order chi connectivity index (χ1) is 12.6. The zero-order chi connectivity index (χ0) is 18.4. The number of carboxylic acid groups (broad SMARTS) is 1. The first kappa shape index (κ1) is 17.5. The van der Waals surface area contributed by atoms with Crippen LogP contribution >= 0.6 is 0 Å². The summed E-state index contributed by atoms with van der Waals surface area (Å²) < 4.78 is 5.86. The molecule has 3 aromatic rings. The number of hydrogen-bond donors (Lipinski definition) is 2. The molecule has 26 heavy (non-hydrogen) atoms. The van der Waals surface area contributed by atoms with Gasteiger partial charge in [-0.1, -0.05) is 42.5 Å². The zero-order valence-corrected chi connectivity index (χ0v) is 14.6. The molecule has 132 valence electrons. The maximum absolute atomic E-state index is 11.0. The third-order valence-corrected chi connectivity index (χ3v) is 4.10. The Labute approximate surface area is 153 Å². The Bertz CT molecular complexity index is 891. The molecule has 0 spiro atoms. The number of ether oxygens (including phenoxy) is 1. The first-order valence-electron chi connectivity index (χ1n) is 8.45. The Morgan fingerprint density at radius 3 is 2.46 bits per heavy atom. The molecule has 0 bridgehead atoms. The van der Waals surface area contributed by atoms with E-state index in [2.05, 4.69) is 5.32 Å². The third-order valence-electron chi connectivity index (χ3n) is 4.10. The lowest BCUT2D eigenvalue weighted by atomic mass is 10.1. The van der Waals surface area contributed by atoms with Crippen LogP contribution in [0, 0.1) is 6.92 Å². The highest BCUT2D eigenvalue weighted by atomic mass is 16.5. The summed E-state index contributed by atoms with van der Waals surface area (Å²) in [5, 5.41) is 12.4. The molecular weight excluding hydrogens is 326 g/mol. The fraction of sp³-hybridized carbons (Fsp3) is 0.136. The summed E-state index contributed by atoms with van der Waals surface area (Å²) in [7, 11) is 0. The van der Waals surface area contributed by atoms with E-state index in [9.17, 15) is 4.79 Å². The van der Waals surface area contributed by atoms with Crippen LogP contribution in [0.3, 0.4) is 0 Å². The third kappa shape index (κ3) is 4.63. The highest BCUT2D eigenvalue weighted by molar-refractivity contribution is 5.88. The van der Waals surface area contributed by atoms with Crippen LogP contribution in [0.1, 0.15) is 27.0 Å². The molecule has 0 atom stereocenters. The number of rotatable bonds is 7. The van der Waals surface area contributed by atoms with E-state index in [4.69, 9.17) is 9.84 Å². The molecule has 0 saturated carbocycles. The van der Waals surface area contributed by atoms with Crippen molar-refractivity contribution in [3.8, 4) is 5.75 Å². The lowest BCUT2D eigenvalue weighted by Gasteiger charge is -2.12. The van der Waals surface area contributed by atoms with Gasteiger partial charge in [0.1, 0.15) is 12.4 Å². The van der Waals surface area contributed by atoms with Crippen LogP contribution < -0.4 is 10.1 Å². The SMILES string of the molecule is Cc1cc(C(=O)O)ccc1NCc1cccc(OCc2ccccc2)c1. The van der Waals surface area contributed by atoms with Gasteiger partial charge in [-0.25, -0.2) is 4.79 Å². The van der Waals surface area contributed by atoms with Gasteiger partial charge < -0.3 is 15.2 Å². The second-order valence-corrected chi connectivity index (χ2v) is 6.11. The molecule has 0 aliphatic heterocycles. The molecule has 0 fully saturated rings. The number of benzene rings is 3. The van der Waals surface area contributed by atoms with Crippen molar-refractivity contribution in [2.75, 3.05) is 5.32 Å². The van der Waals surface area contributed by atoms with E-state index in [0.717, 1.165) is 28.1 Å². The average molecular weight is 347 g/mol. The van der Waals surface area contributed by atoms with Crippen molar-refractivity contribution in [3.05, 3.63) is 95.1 Å². The van der Waals surface area contributed by atoms with Gasteiger partial charge in [-0.15, -0.1) is 0 Å². The van der Waals surface area contributed by atoms with Crippen LogP contribution in [-0.2, 0) is 13.2 Å². The van der Waals surface area contributed by atoms with E-state index in [-0.39, 0.29) is 0 Å². The van der Waals surface area contributed by atoms with Crippen LogP contribution in [0.2, 0.25) is 0 Å². The summed E-state index contributed by atoms with van der Waals surface area (Å²) in [6.07, 6.45) is 0. The Morgan fingerprint density at radius 2 is 1.73 bits per heavy atom. The maximum Gasteiger partial charge on any atom is 0.335 e. The van der Waals surface area contributed by atoms with Crippen LogP contribution in [0.4, 0.5) is 5.69 Å². The summed E-state index contributed by atoms with van der Waals surface area (Å²) in [5.74, 6) is -0.0889. The fourth-order valence-electron chi connectivity index (χ4n) is 2.68. The summed E-state index contributed by atoms with van der Waals surface area (Å²) >= 11 is 0. The van der Waals surface area contributed by atoms with Crippen molar-refractivity contribution in [1.82, 2.24) is 0 Å². The van der Waals surface area contributed by atoms with E-state index in [1.807, 2.05) is 61.5 Å².